The molecule has 2 heteroatoms. The van der Waals surface area contributed by atoms with Crippen molar-refractivity contribution < 1.29 is 9.53 Å². The number of allylic oxidation sites excluding steroid dienone is 2. The molecule has 0 amide bonds. The molecule has 0 aromatic carbocycles. The number of unbranched alkanes of at least 4 members (excludes halogenated alkanes) is 1. The molecule has 0 bridgehead atoms. The summed E-state index contributed by atoms with van der Waals surface area (Å²) >= 11 is 0. The molecule has 3 rings (SSSR count). The van der Waals surface area contributed by atoms with Gasteiger partial charge in [-0.2, -0.15) is 0 Å². The summed E-state index contributed by atoms with van der Waals surface area (Å²) in [6.45, 7) is 4.71. The second kappa shape index (κ2) is 5.30. The van der Waals surface area contributed by atoms with Gasteiger partial charge in [0, 0.05) is 0 Å². The molecule has 0 aromatic rings. The van der Waals surface area contributed by atoms with Gasteiger partial charge in [0.05, 0.1) is 12.5 Å². The average Bonchev–Trinajstić information content (AvgIpc) is 2.94. The van der Waals surface area contributed by atoms with Crippen LogP contribution in [0.5, 0.6) is 0 Å². The van der Waals surface area contributed by atoms with Gasteiger partial charge in [-0.25, -0.2) is 0 Å². The van der Waals surface area contributed by atoms with Gasteiger partial charge in [-0.05, 0) is 56.8 Å². The van der Waals surface area contributed by atoms with E-state index in [9.17, 15) is 4.79 Å². The monoisotopic (exact) mass is 262 g/mol. The van der Waals surface area contributed by atoms with Gasteiger partial charge in [0.2, 0.25) is 0 Å². The largest absolute Gasteiger partial charge is 0.466 e. The van der Waals surface area contributed by atoms with Gasteiger partial charge >= 0.3 is 5.97 Å². The molecule has 19 heavy (non-hydrogen) atoms. The highest BCUT2D eigenvalue weighted by Gasteiger charge is 2.58. The molecule has 3 aliphatic rings. The summed E-state index contributed by atoms with van der Waals surface area (Å²) in [5.74, 6) is 2.48. The summed E-state index contributed by atoms with van der Waals surface area (Å²) in [4.78, 5) is 11.9. The average molecular weight is 262 g/mol. The number of ether oxygens (including phenoxy) is 1. The number of carbonyl (C=O) groups excluding carboxylic acids is 1. The lowest BCUT2D eigenvalue weighted by Crippen LogP contribution is -2.08. The van der Waals surface area contributed by atoms with E-state index in [1.165, 1.54) is 44.9 Å². The van der Waals surface area contributed by atoms with E-state index in [-0.39, 0.29) is 11.9 Å². The third kappa shape index (κ3) is 2.46. The molecule has 0 radical (unpaired) electrons. The van der Waals surface area contributed by atoms with Crippen LogP contribution >= 0.6 is 0 Å². The predicted octanol–water partition coefficient (Wildman–Crippen LogP) is 4.10. The van der Waals surface area contributed by atoms with Crippen molar-refractivity contribution >= 4 is 5.97 Å². The van der Waals surface area contributed by atoms with E-state index in [0.29, 0.717) is 18.4 Å². The number of esters is 1. The van der Waals surface area contributed by atoms with Crippen molar-refractivity contribution in [1.82, 2.24) is 0 Å². The van der Waals surface area contributed by atoms with Gasteiger partial charge in [-0.3, -0.25) is 4.79 Å². The zero-order chi connectivity index (χ0) is 13.4. The maximum atomic E-state index is 11.9. The van der Waals surface area contributed by atoms with Crippen LogP contribution in [0.15, 0.2) is 11.1 Å². The summed E-state index contributed by atoms with van der Waals surface area (Å²) in [5, 5.41) is 0. The Morgan fingerprint density at radius 3 is 2.26 bits per heavy atom. The van der Waals surface area contributed by atoms with Gasteiger partial charge < -0.3 is 4.74 Å². The van der Waals surface area contributed by atoms with Crippen LogP contribution in [0.3, 0.4) is 0 Å². The number of hydrogen-bond acceptors (Lipinski definition) is 2. The van der Waals surface area contributed by atoms with E-state index >= 15 is 0 Å². The van der Waals surface area contributed by atoms with Crippen LogP contribution in [-0.4, -0.2) is 12.6 Å². The topological polar surface area (TPSA) is 26.3 Å². The SMILES string of the molecule is CCCCC1CC2=C(C1)CC1C(C2)C1C(=O)OCC. The van der Waals surface area contributed by atoms with Gasteiger partial charge in [0.15, 0.2) is 0 Å². The van der Waals surface area contributed by atoms with Gasteiger partial charge in [-0.1, -0.05) is 30.9 Å². The Labute approximate surface area is 116 Å². The molecule has 1 saturated carbocycles. The van der Waals surface area contributed by atoms with Crippen LogP contribution in [-0.2, 0) is 9.53 Å². The molecule has 0 aromatic heterocycles. The first-order chi connectivity index (χ1) is 9.24. The molecule has 3 aliphatic carbocycles. The maximum Gasteiger partial charge on any atom is 0.309 e. The molecule has 0 heterocycles. The molecule has 2 nitrogen and oxygen atoms in total. The van der Waals surface area contributed by atoms with Crippen LogP contribution in [0.1, 0.15) is 58.8 Å². The minimum absolute atomic E-state index is 0.0706. The molecular weight excluding hydrogens is 236 g/mol. The lowest BCUT2D eigenvalue weighted by molar-refractivity contribution is -0.145. The summed E-state index contributed by atoms with van der Waals surface area (Å²) in [6, 6.07) is 0. The van der Waals surface area contributed by atoms with E-state index < -0.39 is 0 Å². The van der Waals surface area contributed by atoms with Crippen molar-refractivity contribution in [2.45, 2.75) is 58.8 Å². The first-order valence-corrected chi connectivity index (χ1v) is 8.11. The second-order valence-electron chi connectivity index (χ2n) is 6.64. The van der Waals surface area contributed by atoms with Gasteiger partial charge in [0.25, 0.3) is 0 Å². The Balaban J connectivity index is 1.53. The van der Waals surface area contributed by atoms with Crippen LogP contribution < -0.4 is 0 Å². The van der Waals surface area contributed by atoms with Crippen molar-refractivity contribution in [3.05, 3.63) is 11.1 Å². The van der Waals surface area contributed by atoms with Crippen LogP contribution in [0, 0.1) is 23.7 Å². The number of carbonyl (C=O) groups is 1. The van der Waals surface area contributed by atoms with Crippen LogP contribution in [0.2, 0.25) is 0 Å². The fraction of sp³-hybridized carbons (Fsp3) is 0.824. The number of rotatable bonds is 5. The Hall–Kier alpha value is -0.790. The summed E-state index contributed by atoms with van der Waals surface area (Å²) < 4.78 is 5.20. The number of hydrogen-bond donors (Lipinski definition) is 0. The molecule has 0 spiro atoms. The van der Waals surface area contributed by atoms with Crippen molar-refractivity contribution in [2.24, 2.45) is 23.7 Å². The van der Waals surface area contributed by atoms with Gasteiger partial charge in [-0.15, -0.1) is 0 Å². The normalized spacial score (nSPS) is 35.9. The Morgan fingerprint density at radius 1 is 1.11 bits per heavy atom. The van der Waals surface area contributed by atoms with E-state index in [1.807, 2.05) is 6.92 Å². The first kappa shape index (κ1) is 13.2. The van der Waals surface area contributed by atoms with Crippen LogP contribution in [0.4, 0.5) is 0 Å². The molecule has 1 fully saturated rings. The van der Waals surface area contributed by atoms with Crippen molar-refractivity contribution in [1.29, 1.82) is 0 Å². The first-order valence-electron chi connectivity index (χ1n) is 8.11. The molecule has 2 unspecified atom stereocenters. The minimum atomic E-state index is 0.0706. The zero-order valence-corrected chi connectivity index (χ0v) is 12.3. The Kier molecular flexibility index (Phi) is 3.68. The minimum Gasteiger partial charge on any atom is -0.466 e. The van der Waals surface area contributed by atoms with E-state index in [2.05, 4.69) is 6.92 Å². The predicted molar refractivity (Wildman–Crippen MR) is 75.6 cm³/mol. The second-order valence-corrected chi connectivity index (χ2v) is 6.64. The standard InChI is InChI=1S/C17H26O2/c1-3-5-6-11-7-12-9-14-15(10-13(12)8-11)16(14)17(18)19-4-2/h11,14-16H,3-10H2,1-2H3. The molecule has 0 saturated heterocycles. The van der Waals surface area contributed by atoms with Crippen LogP contribution in [0.25, 0.3) is 0 Å². The molecule has 0 N–H and O–H groups in total. The smallest absolute Gasteiger partial charge is 0.309 e. The highest BCUT2D eigenvalue weighted by Crippen LogP contribution is 2.60. The van der Waals surface area contributed by atoms with E-state index in [1.54, 1.807) is 11.1 Å². The van der Waals surface area contributed by atoms with Crippen molar-refractivity contribution in [3.63, 3.8) is 0 Å². The lowest BCUT2D eigenvalue weighted by Gasteiger charge is -2.11. The highest BCUT2D eigenvalue weighted by molar-refractivity contribution is 5.77. The fourth-order valence-corrected chi connectivity index (χ4v) is 4.37. The van der Waals surface area contributed by atoms with E-state index in [4.69, 9.17) is 4.74 Å². The van der Waals surface area contributed by atoms with Crippen molar-refractivity contribution in [2.75, 3.05) is 6.61 Å². The lowest BCUT2D eigenvalue weighted by atomic mass is 9.94. The Morgan fingerprint density at radius 2 is 1.74 bits per heavy atom. The molecule has 0 aliphatic heterocycles. The molecular formula is C17H26O2. The quantitative estimate of drug-likeness (QED) is 0.550. The zero-order valence-electron chi connectivity index (χ0n) is 12.3. The third-order valence-corrected chi connectivity index (χ3v) is 5.39. The molecule has 2 atom stereocenters. The highest BCUT2D eigenvalue weighted by atomic mass is 16.5. The van der Waals surface area contributed by atoms with Gasteiger partial charge in [0.1, 0.15) is 0 Å². The summed E-state index contributed by atoms with van der Waals surface area (Å²) in [7, 11) is 0. The molecule has 106 valence electrons. The van der Waals surface area contributed by atoms with Crippen molar-refractivity contribution in [3.8, 4) is 0 Å². The number of fused-ring (bicyclic) bond motifs is 1. The third-order valence-electron chi connectivity index (χ3n) is 5.39. The fourth-order valence-electron chi connectivity index (χ4n) is 4.37. The Bertz CT molecular complexity index is 372. The summed E-state index contributed by atoms with van der Waals surface area (Å²) in [5.41, 5.74) is 3.43. The van der Waals surface area contributed by atoms with E-state index in [0.717, 1.165) is 5.92 Å². The maximum absolute atomic E-state index is 11.9. The summed E-state index contributed by atoms with van der Waals surface area (Å²) in [6.07, 6.45) is 9.15.